The second kappa shape index (κ2) is 9.29. The highest BCUT2D eigenvalue weighted by Gasteiger charge is 2.51. The molecule has 0 amide bonds. The van der Waals surface area contributed by atoms with Gasteiger partial charge in [0.2, 0.25) is 0 Å². The summed E-state index contributed by atoms with van der Waals surface area (Å²) in [6, 6.07) is 9.08. The van der Waals surface area contributed by atoms with Crippen LogP contribution in [0.15, 0.2) is 24.3 Å². The van der Waals surface area contributed by atoms with Crippen LogP contribution in [-0.2, 0) is 6.42 Å². The van der Waals surface area contributed by atoms with Gasteiger partial charge in [0.1, 0.15) is 0 Å². The highest BCUT2D eigenvalue weighted by atomic mass is 14.6. The number of rotatable bonds is 6. The summed E-state index contributed by atoms with van der Waals surface area (Å²) in [7, 11) is 0. The first kappa shape index (κ1) is 21.0. The van der Waals surface area contributed by atoms with Gasteiger partial charge in [0.15, 0.2) is 0 Å². The van der Waals surface area contributed by atoms with Crippen molar-refractivity contribution < 1.29 is 0 Å². The van der Waals surface area contributed by atoms with Crippen molar-refractivity contribution in [3.05, 3.63) is 35.4 Å². The van der Waals surface area contributed by atoms with Crippen LogP contribution in [0.5, 0.6) is 0 Å². The maximum absolute atomic E-state index is 3.80. The van der Waals surface area contributed by atoms with Gasteiger partial charge in [-0.15, -0.1) is 0 Å². The van der Waals surface area contributed by atoms with Crippen LogP contribution in [-0.4, -0.2) is 0 Å². The van der Waals surface area contributed by atoms with Crippen molar-refractivity contribution in [1.82, 2.24) is 0 Å². The van der Waals surface area contributed by atoms with E-state index in [0.29, 0.717) is 10.8 Å². The molecule has 0 aliphatic heterocycles. The average molecular weight is 391 g/mol. The molecule has 4 aliphatic rings. The first-order chi connectivity index (χ1) is 14.2. The van der Waals surface area contributed by atoms with Crippen molar-refractivity contribution in [3.8, 4) is 11.8 Å². The van der Waals surface area contributed by atoms with Crippen LogP contribution in [0, 0.1) is 34.5 Å². The molecule has 0 atom stereocenters. The summed E-state index contributed by atoms with van der Waals surface area (Å²) >= 11 is 0. The Morgan fingerprint density at radius 3 is 2.07 bits per heavy atom. The Kier molecular flexibility index (Phi) is 6.73. The van der Waals surface area contributed by atoms with Gasteiger partial charge in [-0.2, -0.15) is 0 Å². The molecular weight excluding hydrogens is 348 g/mol. The first-order valence-corrected chi connectivity index (χ1v) is 12.8. The lowest BCUT2D eigenvalue weighted by Gasteiger charge is -2.56. The average Bonchev–Trinajstić information content (AvgIpc) is 2.79. The Bertz CT molecular complexity index is 680. The van der Waals surface area contributed by atoms with Crippen LogP contribution in [0.4, 0.5) is 0 Å². The third-order valence-electron chi connectivity index (χ3n) is 8.96. The minimum absolute atomic E-state index is 0.335. The van der Waals surface area contributed by atoms with E-state index < -0.39 is 0 Å². The van der Waals surface area contributed by atoms with Crippen LogP contribution in [0.2, 0.25) is 0 Å². The Balaban J connectivity index is 1.34. The molecule has 4 fully saturated rings. The summed E-state index contributed by atoms with van der Waals surface area (Å²) < 4.78 is 0. The molecule has 0 radical (unpaired) electrons. The van der Waals surface area contributed by atoms with Gasteiger partial charge in [0.25, 0.3) is 0 Å². The van der Waals surface area contributed by atoms with Gasteiger partial charge in [0.05, 0.1) is 0 Å². The molecule has 0 heterocycles. The van der Waals surface area contributed by atoms with Crippen molar-refractivity contribution in [3.63, 3.8) is 0 Å². The van der Waals surface area contributed by atoms with Gasteiger partial charge in [-0.05, 0) is 99.2 Å². The SMILES string of the molecule is CCCCc1ccc(C#CC23CCC([C@H]4CC[C@H](CCC)CC4)(CC2)CC3)cc1. The number of unbranched alkanes of at least 4 members (excludes halogenated alkanes) is 1. The second-order valence-corrected chi connectivity index (χ2v) is 10.7. The predicted octanol–water partition coefficient (Wildman–Crippen LogP) is 8.33. The Morgan fingerprint density at radius 2 is 1.48 bits per heavy atom. The van der Waals surface area contributed by atoms with Crippen LogP contribution in [0.25, 0.3) is 0 Å². The van der Waals surface area contributed by atoms with Crippen molar-refractivity contribution in [2.45, 2.75) is 110 Å². The molecule has 0 heteroatoms. The molecule has 0 nitrogen and oxygen atoms in total. The fraction of sp³-hybridized carbons (Fsp3) is 0.724. The summed E-state index contributed by atoms with van der Waals surface area (Å²) in [4.78, 5) is 0. The standard InChI is InChI=1S/C29H42/c1-3-5-7-25-8-10-26(11-9-25)16-17-28-18-21-29(22-19-28,23-20-28)27-14-12-24(6-4-2)13-15-27/h8-11,24,27H,3-7,12-15,18-23H2,1-2H3/t24-,27-,28?,29?. The highest BCUT2D eigenvalue weighted by molar-refractivity contribution is 5.38. The molecule has 0 N–H and O–H groups in total. The molecule has 0 aromatic heterocycles. The summed E-state index contributed by atoms with van der Waals surface area (Å²) in [5.41, 5.74) is 3.71. The highest BCUT2D eigenvalue weighted by Crippen LogP contribution is 2.62. The molecule has 5 rings (SSSR count). The zero-order valence-corrected chi connectivity index (χ0v) is 19.1. The molecule has 1 aromatic rings. The molecule has 2 bridgehead atoms. The monoisotopic (exact) mass is 390 g/mol. The molecule has 4 aliphatic carbocycles. The van der Waals surface area contributed by atoms with Gasteiger partial charge in [-0.25, -0.2) is 0 Å². The Morgan fingerprint density at radius 1 is 0.828 bits per heavy atom. The minimum atomic E-state index is 0.335. The van der Waals surface area contributed by atoms with E-state index in [1.807, 2.05) is 0 Å². The topological polar surface area (TPSA) is 0 Å². The molecular formula is C29H42. The normalized spacial score (nSPS) is 33.9. The van der Waals surface area contributed by atoms with Crippen molar-refractivity contribution >= 4 is 0 Å². The molecule has 158 valence electrons. The van der Waals surface area contributed by atoms with Gasteiger partial charge in [0, 0.05) is 11.0 Å². The van der Waals surface area contributed by atoms with Crippen LogP contribution in [0.1, 0.15) is 115 Å². The van der Waals surface area contributed by atoms with Crippen LogP contribution in [0.3, 0.4) is 0 Å². The molecule has 29 heavy (non-hydrogen) atoms. The first-order valence-electron chi connectivity index (χ1n) is 12.8. The van der Waals surface area contributed by atoms with E-state index in [1.165, 1.54) is 107 Å². The summed E-state index contributed by atoms with van der Waals surface area (Å²) in [6.45, 7) is 4.62. The lowest BCUT2D eigenvalue weighted by molar-refractivity contribution is -0.0378. The Labute approximate surface area is 180 Å². The van der Waals surface area contributed by atoms with Gasteiger partial charge < -0.3 is 0 Å². The molecule has 0 unspecified atom stereocenters. The summed E-state index contributed by atoms with van der Waals surface area (Å²) in [5.74, 6) is 9.44. The van der Waals surface area contributed by atoms with Gasteiger partial charge >= 0.3 is 0 Å². The van der Waals surface area contributed by atoms with E-state index in [4.69, 9.17) is 0 Å². The maximum atomic E-state index is 3.80. The fourth-order valence-electron chi connectivity index (χ4n) is 6.83. The lowest BCUT2D eigenvalue weighted by atomic mass is 9.48. The van der Waals surface area contributed by atoms with Crippen molar-refractivity contribution in [2.75, 3.05) is 0 Å². The molecule has 0 spiro atoms. The van der Waals surface area contributed by atoms with E-state index in [-0.39, 0.29) is 0 Å². The summed E-state index contributed by atoms with van der Waals surface area (Å²) in [5, 5.41) is 0. The third-order valence-corrected chi connectivity index (χ3v) is 8.96. The van der Waals surface area contributed by atoms with Crippen LogP contribution < -0.4 is 0 Å². The van der Waals surface area contributed by atoms with E-state index in [9.17, 15) is 0 Å². The maximum Gasteiger partial charge on any atom is 0.0319 e. The smallest absolute Gasteiger partial charge is 0.0319 e. The van der Waals surface area contributed by atoms with Crippen LogP contribution >= 0.6 is 0 Å². The zero-order valence-electron chi connectivity index (χ0n) is 19.1. The number of fused-ring (bicyclic) bond motifs is 3. The molecule has 0 saturated heterocycles. The predicted molar refractivity (Wildman–Crippen MR) is 125 cm³/mol. The van der Waals surface area contributed by atoms with E-state index >= 15 is 0 Å². The number of aryl methyl sites for hydroxylation is 1. The van der Waals surface area contributed by atoms with E-state index in [2.05, 4.69) is 50.0 Å². The van der Waals surface area contributed by atoms with Crippen molar-refractivity contribution in [1.29, 1.82) is 0 Å². The molecule has 1 aromatic carbocycles. The van der Waals surface area contributed by atoms with Gasteiger partial charge in [-0.3, -0.25) is 0 Å². The second-order valence-electron chi connectivity index (χ2n) is 10.7. The Hall–Kier alpha value is -1.22. The molecule has 4 saturated carbocycles. The quantitative estimate of drug-likeness (QED) is 0.428. The van der Waals surface area contributed by atoms with Crippen molar-refractivity contribution in [2.24, 2.45) is 22.7 Å². The fourth-order valence-corrected chi connectivity index (χ4v) is 6.83. The largest absolute Gasteiger partial charge is 0.0911 e. The number of hydrogen-bond acceptors (Lipinski definition) is 0. The summed E-state index contributed by atoms with van der Waals surface area (Å²) in [6.07, 6.45) is 21.2. The van der Waals surface area contributed by atoms with Gasteiger partial charge in [-0.1, -0.05) is 69.9 Å². The van der Waals surface area contributed by atoms with E-state index in [1.54, 1.807) is 0 Å². The third kappa shape index (κ3) is 4.76. The lowest BCUT2D eigenvalue weighted by Crippen LogP contribution is -2.45. The zero-order chi connectivity index (χ0) is 20.2. The minimum Gasteiger partial charge on any atom is -0.0911 e. The van der Waals surface area contributed by atoms with E-state index in [0.717, 1.165) is 11.8 Å². The number of benzene rings is 1. The number of hydrogen-bond donors (Lipinski definition) is 0.